The average molecular weight is 212 g/mol. The van der Waals surface area contributed by atoms with Gasteiger partial charge in [-0.2, -0.15) is 5.10 Å². The molecule has 0 aliphatic carbocycles. The van der Waals surface area contributed by atoms with E-state index < -0.39 is 12.2 Å². The van der Waals surface area contributed by atoms with Gasteiger partial charge >= 0.3 is 0 Å². The molecular formula is C8H12N4O3. The van der Waals surface area contributed by atoms with E-state index in [0.29, 0.717) is 0 Å². The molecule has 2 rings (SSSR count). The van der Waals surface area contributed by atoms with Gasteiger partial charge in [0.1, 0.15) is 19.2 Å². The summed E-state index contributed by atoms with van der Waals surface area (Å²) in [5.41, 5.74) is 0. The highest BCUT2D eigenvalue weighted by Gasteiger charge is 2.32. The fourth-order valence-electron chi connectivity index (χ4n) is 1.53. The highest BCUT2D eigenvalue weighted by molar-refractivity contribution is 5.76. The Labute approximate surface area is 86.0 Å². The van der Waals surface area contributed by atoms with Crippen LogP contribution in [-0.4, -0.2) is 61.1 Å². The molecule has 7 heteroatoms. The normalized spacial score (nSPS) is 25.9. The van der Waals surface area contributed by atoms with Crippen molar-refractivity contribution in [3.8, 4) is 0 Å². The summed E-state index contributed by atoms with van der Waals surface area (Å²) in [6.45, 7) is 0.433. The van der Waals surface area contributed by atoms with Gasteiger partial charge in [0.2, 0.25) is 5.91 Å². The van der Waals surface area contributed by atoms with E-state index >= 15 is 0 Å². The van der Waals surface area contributed by atoms with Crippen molar-refractivity contribution in [3.05, 3.63) is 12.7 Å². The van der Waals surface area contributed by atoms with Crippen molar-refractivity contribution < 1.29 is 15.0 Å². The highest BCUT2D eigenvalue weighted by atomic mass is 16.3. The van der Waals surface area contributed by atoms with E-state index in [9.17, 15) is 15.0 Å². The maximum atomic E-state index is 11.6. The largest absolute Gasteiger partial charge is 0.388 e. The van der Waals surface area contributed by atoms with Crippen LogP contribution in [0.25, 0.3) is 0 Å². The molecule has 1 amide bonds. The first-order valence-corrected chi connectivity index (χ1v) is 4.63. The zero-order valence-corrected chi connectivity index (χ0v) is 8.02. The number of likely N-dealkylation sites (tertiary alicyclic amines) is 1. The van der Waals surface area contributed by atoms with E-state index in [0.717, 1.165) is 0 Å². The summed E-state index contributed by atoms with van der Waals surface area (Å²) in [5.74, 6) is -0.184. The van der Waals surface area contributed by atoms with Crippen LogP contribution in [0.2, 0.25) is 0 Å². The molecule has 2 heterocycles. The number of rotatable bonds is 2. The third kappa shape index (κ3) is 2.13. The van der Waals surface area contributed by atoms with Crippen LogP contribution in [0.5, 0.6) is 0 Å². The van der Waals surface area contributed by atoms with Gasteiger partial charge in [0.15, 0.2) is 0 Å². The van der Waals surface area contributed by atoms with Gasteiger partial charge in [-0.25, -0.2) is 9.67 Å². The van der Waals surface area contributed by atoms with Crippen molar-refractivity contribution in [2.75, 3.05) is 13.1 Å². The number of aliphatic hydroxyl groups excluding tert-OH is 2. The van der Waals surface area contributed by atoms with E-state index in [1.807, 2.05) is 0 Å². The summed E-state index contributed by atoms with van der Waals surface area (Å²) in [6, 6.07) is 0. The van der Waals surface area contributed by atoms with E-state index in [-0.39, 0.29) is 25.5 Å². The molecule has 1 fully saturated rings. The minimum Gasteiger partial charge on any atom is -0.388 e. The third-order valence-electron chi connectivity index (χ3n) is 2.38. The number of aromatic nitrogens is 3. The van der Waals surface area contributed by atoms with Crippen LogP contribution < -0.4 is 0 Å². The molecule has 0 spiro atoms. The first kappa shape index (κ1) is 10.1. The van der Waals surface area contributed by atoms with E-state index in [1.54, 1.807) is 0 Å². The Morgan fingerprint density at radius 1 is 1.40 bits per heavy atom. The maximum Gasteiger partial charge on any atom is 0.244 e. The molecule has 7 nitrogen and oxygen atoms in total. The number of hydrogen-bond donors (Lipinski definition) is 2. The van der Waals surface area contributed by atoms with E-state index in [4.69, 9.17) is 0 Å². The van der Waals surface area contributed by atoms with Gasteiger partial charge in [-0.3, -0.25) is 4.79 Å². The molecule has 1 aliphatic heterocycles. The van der Waals surface area contributed by atoms with Crippen LogP contribution in [-0.2, 0) is 11.3 Å². The molecule has 82 valence electrons. The summed E-state index contributed by atoms with van der Waals surface area (Å²) >= 11 is 0. The van der Waals surface area contributed by atoms with Crippen molar-refractivity contribution >= 4 is 5.91 Å². The molecule has 2 N–H and O–H groups in total. The standard InChI is InChI=1S/C8H12N4O3/c13-6-1-11(2-7(6)14)8(15)3-12-5-9-4-10-12/h4-7,13-14H,1-3H2. The molecular weight excluding hydrogens is 200 g/mol. The Balaban J connectivity index is 1.92. The number of amides is 1. The molecule has 2 atom stereocenters. The third-order valence-corrected chi connectivity index (χ3v) is 2.38. The lowest BCUT2D eigenvalue weighted by Gasteiger charge is -2.14. The van der Waals surface area contributed by atoms with Crippen LogP contribution in [0.3, 0.4) is 0 Å². The summed E-state index contributed by atoms with van der Waals surface area (Å²) < 4.78 is 1.40. The quantitative estimate of drug-likeness (QED) is 0.582. The maximum absolute atomic E-state index is 11.6. The van der Waals surface area contributed by atoms with Crippen molar-refractivity contribution in [1.82, 2.24) is 19.7 Å². The van der Waals surface area contributed by atoms with Crippen LogP contribution in [0, 0.1) is 0 Å². The summed E-state index contributed by atoms with van der Waals surface area (Å²) in [6.07, 6.45) is 1.11. The first-order valence-electron chi connectivity index (χ1n) is 4.63. The Morgan fingerprint density at radius 3 is 2.60 bits per heavy atom. The lowest BCUT2D eigenvalue weighted by Crippen LogP contribution is -2.33. The van der Waals surface area contributed by atoms with Crippen LogP contribution in [0.15, 0.2) is 12.7 Å². The van der Waals surface area contributed by atoms with Gasteiger partial charge in [0.25, 0.3) is 0 Å². The molecule has 0 radical (unpaired) electrons. The number of carbonyl (C=O) groups is 1. The topological polar surface area (TPSA) is 91.5 Å². The summed E-state index contributed by atoms with van der Waals surface area (Å²) in [7, 11) is 0. The van der Waals surface area contributed by atoms with Crippen LogP contribution in [0.4, 0.5) is 0 Å². The van der Waals surface area contributed by atoms with Gasteiger partial charge < -0.3 is 15.1 Å². The summed E-state index contributed by atoms with van der Waals surface area (Å²) in [4.78, 5) is 16.7. The second-order valence-electron chi connectivity index (χ2n) is 3.53. The predicted molar refractivity (Wildman–Crippen MR) is 48.6 cm³/mol. The van der Waals surface area contributed by atoms with E-state index in [2.05, 4.69) is 10.1 Å². The van der Waals surface area contributed by atoms with E-state index in [1.165, 1.54) is 22.2 Å². The first-order chi connectivity index (χ1) is 7.16. The van der Waals surface area contributed by atoms with Gasteiger partial charge in [-0.05, 0) is 0 Å². The SMILES string of the molecule is O=C(Cn1cncn1)N1CC(O)C(O)C1. The molecule has 15 heavy (non-hydrogen) atoms. The van der Waals surface area contributed by atoms with Crippen LogP contribution in [0.1, 0.15) is 0 Å². The molecule has 0 saturated carbocycles. The molecule has 2 unspecified atom stereocenters. The second kappa shape index (κ2) is 3.95. The molecule has 1 saturated heterocycles. The van der Waals surface area contributed by atoms with Crippen LogP contribution >= 0.6 is 0 Å². The van der Waals surface area contributed by atoms with Gasteiger partial charge in [0.05, 0.1) is 12.2 Å². The van der Waals surface area contributed by atoms with Gasteiger partial charge in [0, 0.05) is 13.1 Å². The Bertz CT molecular complexity index is 330. The average Bonchev–Trinajstić information content (AvgIpc) is 2.78. The number of aliphatic hydroxyl groups is 2. The Hall–Kier alpha value is -1.47. The number of nitrogens with zero attached hydrogens (tertiary/aromatic N) is 4. The Kier molecular flexibility index (Phi) is 2.65. The molecule has 1 aromatic rings. The fourth-order valence-corrected chi connectivity index (χ4v) is 1.53. The number of carbonyl (C=O) groups excluding carboxylic acids is 1. The highest BCUT2D eigenvalue weighted by Crippen LogP contribution is 2.10. The lowest BCUT2D eigenvalue weighted by molar-refractivity contribution is -0.131. The zero-order valence-electron chi connectivity index (χ0n) is 8.02. The monoisotopic (exact) mass is 212 g/mol. The molecule has 1 aromatic heterocycles. The minimum atomic E-state index is -0.843. The fraction of sp³-hybridized carbons (Fsp3) is 0.625. The Morgan fingerprint density at radius 2 is 2.07 bits per heavy atom. The lowest BCUT2D eigenvalue weighted by atomic mass is 10.3. The van der Waals surface area contributed by atoms with Crippen molar-refractivity contribution in [2.24, 2.45) is 0 Å². The predicted octanol–water partition coefficient (Wildman–Crippen LogP) is -2.16. The second-order valence-corrected chi connectivity index (χ2v) is 3.53. The zero-order chi connectivity index (χ0) is 10.8. The van der Waals surface area contributed by atoms with Gasteiger partial charge in [-0.1, -0.05) is 0 Å². The van der Waals surface area contributed by atoms with Crippen molar-refractivity contribution in [2.45, 2.75) is 18.8 Å². The number of β-amino-alcohol motifs (C(OH)–C–C–N with tert-alkyl or cyclic N) is 2. The van der Waals surface area contributed by atoms with Crippen molar-refractivity contribution in [3.63, 3.8) is 0 Å². The van der Waals surface area contributed by atoms with Crippen molar-refractivity contribution in [1.29, 1.82) is 0 Å². The van der Waals surface area contributed by atoms with Gasteiger partial charge in [-0.15, -0.1) is 0 Å². The summed E-state index contributed by atoms with van der Waals surface area (Å²) in [5, 5.41) is 22.3. The number of hydrogen-bond acceptors (Lipinski definition) is 5. The smallest absolute Gasteiger partial charge is 0.244 e. The minimum absolute atomic E-state index is 0.0828. The molecule has 1 aliphatic rings. The molecule has 0 bridgehead atoms. The molecule has 0 aromatic carbocycles.